The first kappa shape index (κ1) is 18.9. The number of nitrogens with one attached hydrogen (secondary N) is 2. The standard InChI is InChI=1S/C18H21N3O5/c1-11(17(22)21-18(19)23)20-12-4-9-15(25-3)16(10-12)26-14-7-5-13(24-2)6-8-14/h4-11,20H,1-3H3,(H3,19,21,22,23)/t11-/m1/s1. The molecule has 26 heavy (non-hydrogen) atoms. The second-order valence-corrected chi connectivity index (χ2v) is 5.36. The van der Waals surface area contributed by atoms with Crippen molar-refractivity contribution in [2.45, 2.75) is 13.0 Å². The number of methoxy groups -OCH3 is 2. The zero-order chi connectivity index (χ0) is 19.1. The number of amides is 3. The Hall–Kier alpha value is -3.42. The van der Waals surface area contributed by atoms with Crippen LogP contribution >= 0.6 is 0 Å². The molecule has 0 unspecified atom stereocenters. The average molecular weight is 359 g/mol. The summed E-state index contributed by atoms with van der Waals surface area (Å²) in [6.07, 6.45) is 0. The van der Waals surface area contributed by atoms with Gasteiger partial charge < -0.3 is 25.3 Å². The Morgan fingerprint density at radius 2 is 1.62 bits per heavy atom. The van der Waals surface area contributed by atoms with Crippen LogP contribution < -0.4 is 30.6 Å². The van der Waals surface area contributed by atoms with Gasteiger partial charge in [0, 0.05) is 11.8 Å². The Morgan fingerprint density at radius 3 is 2.19 bits per heavy atom. The van der Waals surface area contributed by atoms with E-state index in [0.717, 1.165) is 0 Å². The Bertz CT molecular complexity index is 777. The van der Waals surface area contributed by atoms with E-state index in [1.807, 2.05) is 5.32 Å². The van der Waals surface area contributed by atoms with Gasteiger partial charge in [-0.05, 0) is 43.3 Å². The highest BCUT2D eigenvalue weighted by Crippen LogP contribution is 2.34. The van der Waals surface area contributed by atoms with Crippen LogP contribution in [0.4, 0.5) is 10.5 Å². The van der Waals surface area contributed by atoms with Crippen LogP contribution in [0.3, 0.4) is 0 Å². The zero-order valence-corrected chi connectivity index (χ0v) is 14.7. The topological polar surface area (TPSA) is 112 Å². The molecule has 2 rings (SSSR count). The van der Waals surface area contributed by atoms with E-state index in [-0.39, 0.29) is 0 Å². The predicted molar refractivity (Wildman–Crippen MR) is 96.9 cm³/mol. The number of rotatable bonds is 7. The quantitative estimate of drug-likeness (QED) is 0.700. The first-order chi connectivity index (χ1) is 12.4. The van der Waals surface area contributed by atoms with Gasteiger partial charge in [-0.25, -0.2) is 4.79 Å². The van der Waals surface area contributed by atoms with Gasteiger partial charge in [0.2, 0.25) is 5.91 Å². The minimum atomic E-state index is -0.901. The Kier molecular flexibility index (Phi) is 6.26. The second kappa shape index (κ2) is 8.61. The van der Waals surface area contributed by atoms with Crippen LogP contribution in [0.15, 0.2) is 42.5 Å². The monoisotopic (exact) mass is 359 g/mol. The predicted octanol–water partition coefficient (Wildman–Crippen LogP) is 2.49. The minimum Gasteiger partial charge on any atom is -0.497 e. The fraction of sp³-hybridized carbons (Fsp3) is 0.222. The van der Waals surface area contributed by atoms with Gasteiger partial charge in [-0.3, -0.25) is 10.1 Å². The number of urea groups is 1. The summed E-state index contributed by atoms with van der Waals surface area (Å²) in [5, 5.41) is 4.99. The lowest BCUT2D eigenvalue weighted by Gasteiger charge is -2.16. The third-order valence-corrected chi connectivity index (χ3v) is 3.47. The molecule has 0 spiro atoms. The first-order valence-electron chi connectivity index (χ1n) is 7.79. The lowest BCUT2D eigenvalue weighted by atomic mass is 10.2. The summed E-state index contributed by atoms with van der Waals surface area (Å²) in [5.74, 6) is 1.77. The maximum atomic E-state index is 11.8. The molecule has 4 N–H and O–H groups in total. The van der Waals surface area contributed by atoms with E-state index in [9.17, 15) is 9.59 Å². The molecule has 0 aromatic heterocycles. The molecule has 0 saturated heterocycles. The fourth-order valence-electron chi connectivity index (χ4n) is 2.16. The van der Waals surface area contributed by atoms with Crippen LogP contribution in [-0.2, 0) is 4.79 Å². The highest BCUT2D eigenvalue weighted by atomic mass is 16.5. The van der Waals surface area contributed by atoms with Gasteiger partial charge in [-0.2, -0.15) is 0 Å². The molecule has 0 aliphatic heterocycles. The normalized spacial score (nSPS) is 11.2. The van der Waals surface area contributed by atoms with Crippen LogP contribution in [0, 0.1) is 0 Å². The van der Waals surface area contributed by atoms with Gasteiger partial charge in [0.15, 0.2) is 11.5 Å². The molecule has 0 aliphatic carbocycles. The van der Waals surface area contributed by atoms with E-state index >= 15 is 0 Å². The van der Waals surface area contributed by atoms with E-state index in [0.29, 0.717) is 28.7 Å². The van der Waals surface area contributed by atoms with Gasteiger partial charge in [-0.1, -0.05) is 0 Å². The highest BCUT2D eigenvalue weighted by Gasteiger charge is 2.15. The number of hydrogen-bond donors (Lipinski definition) is 3. The number of ether oxygens (including phenoxy) is 3. The van der Waals surface area contributed by atoms with E-state index < -0.39 is 18.0 Å². The number of carbonyl (C=O) groups is 2. The molecule has 0 bridgehead atoms. The summed E-state index contributed by atoms with van der Waals surface area (Å²) >= 11 is 0. The van der Waals surface area contributed by atoms with E-state index in [2.05, 4.69) is 5.32 Å². The smallest absolute Gasteiger partial charge is 0.318 e. The Balaban J connectivity index is 2.16. The number of carbonyl (C=O) groups excluding carboxylic acids is 2. The summed E-state index contributed by atoms with van der Waals surface area (Å²) in [5.41, 5.74) is 5.56. The van der Waals surface area contributed by atoms with Gasteiger partial charge in [-0.15, -0.1) is 0 Å². The van der Waals surface area contributed by atoms with Crippen molar-refractivity contribution in [3.8, 4) is 23.0 Å². The number of hydrogen-bond acceptors (Lipinski definition) is 6. The molecule has 8 nitrogen and oxygen atoms in total. The average Bonchev–Trinajstić information content (AvgIpc) is 2.62. The summed E-state index contributed by atoms with van der Waals surface area (Å²) < 4.78 is 16.3. The Labute approximate surface area is 151 Å². The zero-order valence-electron chi connectivity index (χ0n) is 14.7. The van der Waals surface area contributed by atoms with Crippen LogP contribution in [0.2, 0.25) is 0 Å². The summed E-state index contributed by atoms with van der Waals surface area (Å²) in [6, 6.07) is 10.6. The number of imide groups is 1. The largest absolute Gasteiger partial charge is 0.497 e. The SMILES string of the molecule is COc1ccc(Oc2cc(N[C@H](C)C(=O)NC(N)=O)ccc2OC)cc1. The fourth-order valence-corrected chi connectivity index (χ4v) is 2.16. The van der Waals surface area contributed by atoms with Crippen molar-refractivity contribution < 1.29 is 23.8 Å². The molecular formula is C18H21N3O5. The van der Waals surface area contributed by atoms with Crippen LogP contribution in [0.25, 0.3) is 0 Å². The van der Waals surface area contributed by atoms with Crippen molar-refractivity contribution >= 4 is 17.6 Å². The number of benzene rings is 2. The lowest BCUT2D eigenvalue weighted by Crippen LogP contribution is -2.43. The van der Waals surface area contributed by atoms with Crippen molar-refractivity contribution in [1.82, 2.24) is 5.32 Å². The maximum Gasteiger partial charge on any atom is 0.318 e. The molecule has 2 aromatic carbocycles. The molecule has 3 amide bonds. The van der Waals surface area contributed by atoms with Gasteiger partial charge in [0.1, 0.15) is 17.5 Å². The molecule has 0 saturated carbocycles. The summed E-state index contributed by atoms with van der Waals surface area (Å²) in [6.45, 7) is 1.60. The van der Waals surface area contributed by atoms with Crippen LogP contribution in [0.1, 0.15) is 6.92 Å². The van der Waals surface area contributed by atoms with Crippen molar-refractivity contribution in [1.29, 1.82) is 0 Å². The third-order valence-electron chi connectivity index (χ3n) is 3.47. The Morgan fingerprint density at radius 1 is 0.962 bits per heavy atom. The van der Waals surface area contributed by atoms with Crippen molar-refractivity contribution in [3.63, 3.8) is 0 Å². The van der Waals surface area contributed by atoms with Crippen LogP contribution in [-0.4, -0.2) is 32.2 Å². The summed E-state index contributed by atoms with van der Waals surface area (Å²) in [4.78, 5) is 22.5. The maximum absolute atomic E-state index is 11.8. The summed E-state index contributed by atoms with van der Waals surface area (Å²) in [7, 11) is 3.12. The second-order valence-electron chi connectivity index (χ2n) is 5.36. The van der Waals surface area contributed by atoms with Crippen molar-refractivity contribution in [3.05, 3.63) is 42.5 Å². The molecule has 1 atom stereocenters. The third kappa shape index (κ3) is 5.04. The van der Waals surface area contributed by atoms with Crippen LogP contribution in [0.5, 0.6) is 23.0 Å². The lowest BCUT2D eigenvalue weighted by molar-refractivity contribution is -0.120. The van der Waals surface area contributed by atoms with E-state index in [1.54, 1.807) is 56.5 Å². The number of anilines is 1. The van der Waals surface area contributed by atoms with Crippen molar-refractivity contribution in [2.24, 2.45) is 5.73 Å². The van der Waals surface area contributed by atoms with Gasteiger partial charge >= 0.3 is 6.03 Å². The van der Waals surface area contributed by atoms with Gasteiger partial charge in [0.25, 0.3) is 0 Å². The molecule has 2 aromatic rings. The first-order valence-corrected chi connectivity index (χ1v) is 7.79. The molecule has 0 heterocycles. The van der Waals surface area contributed by atoms with E-state index in [4.69, 9.17) is 19.9 Å². The molecule has 138 valence electrons. The minimum absolute atomic E-state index is 0.463. The molecule has 0 fully saturated rings. The van der Waals surface area contributed by atoms with Gasteiger partial charge in [0.05, 0.1) is 14.2 Å². The highest BCUT2D eigenvalue weighted by molar-refractivity contribution is 5.97. The number of nitrogens with two attached hydrogens (primary N) is 1. The molecular weight excluding hydrogens is 338 g/mol. The van der Waals surface area contributed by atoms with Crippen molar-refractivity contribution in [2.75, 3.05) is 19.5 Å². The number of primary amides is 1. The molecule has 0 radical (unpaired) electrons. The molecule has 0 aliphatic rings. The van der Waals surface area contributed by atoms with E-state index in [1.165, 1.54) is 7.11 Å². The molecule has 8 heteroatoms.